The Balaban J connectivity index is 2.92. The van der Waals surface area contributed by atoms with Crippen LogP contribution < -0.4 is 0 Å². The molecule has 0 atom stereocenters. The van der Waals surface area contributed by atoms with Crippen molar-refractivity contribution in [2.24, 2.45) is 0 Å². The molecule has 0 amide bonds. The van der Waals surface area contributed by atoms with Crippen LogP contribution in [0.15, 0.2) is 24.3 Å². The minimum absolute atomic E-state index is 0.0401. The van der Waals surface area contributed by atoms with Crippen LogP contribution in [0.3, 0.4) is 0 Å². The molecule has 0 unspecified atom stereocenters. The fourth-order valence-corrected chi connectivity index (χ4v) is 1.23. The van der Waals surface area contributed by atoms with Crippen LogP contribution in [0, 0.1) is 10.1 Å². The third kappa shape index (κ3) is 3.23. The van der Waals surface area contributed by atoms with Crippen LogP contribution in [0.2, 0.25) is 0 Å². The molecule has 0 saturated carbocycles. The van der Waals surface area contributed by atoms with Gasteiger partial charge in [0.25, 0.3) is 0 Å². The van der Waals surface area contributed by atoms with E-state index in [1.807, 2.05) is 0 Å². The minimum Gasteiger partial charge on any atom is -0.265 e. The molecule has 6 heteroatoms. The summed E-state index contributed by atoms with van der Waals surface area (Å²) in [7, 11) is 0. The van der Waals surface area contributed by atoms with E-state index in [0.29, 0.717) is 0 Å². The van der Waals surface area contributed by atoms with Gasteiger partial charge in [-0.15, -0.1) is 0 Å². The maximum atomic E-state index is 12.4. The Morgan fingerprint density at radius 3 is 2.40 bits per heavy atom. The summed E-state index contributed by atoms with van der Waals surface area (Å²) in [5.74, 6) is 0. The van der Waals surface area contributed by atoms with Gasteiger partial charge in [-0.05, 0) is 11.6 Å². The topological polar surface area (TPSA) is 43.1 Å². The van der Waals surface area contributed by atoms with Crippen molar-refractivity contribution in [3.8, 4) is 0 Å². The van der Waals surface area contributed by atoms with Crippen molar-refractivity contribution >= 4 is 0 Å². The summed E-state index contributed by atoms with van der Waals surface area (Å²) >= 11 is 0. The van der Waals surface area contributed by atoms with E-state index in [4.69, 9.17) is 0 Å². The maximum absolute atomic E-state index is 12.4. The van der Waals surface area contributed by atoms with Gasteiger partial charge in [0, 0.05) is 11.3 Å². The quantitative estimate of drug-likeness (QED) is 0.579. The molecule has 1 aromatic carbocycles. The van der Waals surface area contributed by atoms with E-state index in [1.165, 1.54) is 18.2 Å². The molecule has 0 spiro atoms. The van der Waals surface area contributed by atoms with Crippen molar-refractivity contribution < 1.29 is 18.1 Å². The van der Waals surface area contributed by atoms with Crippen molar-refractivity contribution in [3.05, 3.63) is 45.5 Å². The number of hydrogen-bond acceptors (Lipinski definition) is 2. The number of hydrogen-bond donors (Lipinski definition) is 0. The third-order valence-electron chi connectivity index (χ3n) is 1.89. The van der Waals surface area contributed by atoms with Gasteiger partial charge in [-0.3, -0.25) is 10.1 Å². The minimum atomic E-state index is -4.45. The zero-order chi connectivity index (χ0) is 11.5. The molecule has 3 nitrogen and oxygen atoms in total. The summed E-state index contributed by atoms with van der Waals surface area (Å²) in [5.41, 5.74) is -0.839. The average molecular weight is 219 g/mol. The molecule has 82 valence electrons. The summed E-state index contributed by atoms with van der Waals surface area (Å²) in [6.07, 6.45) is -4.66. The molecule has 0 aliphatic rings. The number of nitrogens with zero attached hydrogens (tertiary/aromatic N) is 1. The highest BCUT2D eigenvalue weighted by Gasteiger charge is 2.32. The molecule has 15 heavy (non-hydrogen) atoms. The Labute approximate surface area is 83.7 Å². The highest BCUT2D eigenvalue weighted by Crippen LogP contribution is 2.31. The van der Waals surface area contributed by atoms with Crippen LogP contribution in [-0.4, -0.2) is 11.5 Å². The van der Waals surface area contributed by atoms with Crippen molar-refractivity contribution in [1.82, 2.24) is 0 Å². The summed E-state index contributed by atoms with van der Waals surface area (Å²) in [6.45, 7) is -0.493. The van der Waals surface area contributed by atoms with E-state index in [2.05, 4.69) is 0 Å². The second-order valence-corrected chi connectivity index (χ2v) is 2.96. The second kappa shape index (κ2) is 4.29. The number of rotatable bonds is 3. The molecular formula is C9H8F3NO2. The van der Waals surface area contributed by atoms with Gasteiger partial charge in [-0.1, -0.05) is 18.2 Å². The van der Waals surface area contributed by atoms with Gasteiger partial charge in [0.1, 0.15) is 0 Å². The highest BCUT2D eigenvalue weighted by molar-refractivity contribution is 5.29. The van der Waals surface area contributed by atoms with Crippen LogP contribution in [0.4, 0.5) is 13.2 Å². The lowest BCUT2D eigenvalue weighted by molar-refractivity contribution is -0.479. The fraction of sp³-hybridized carbons (Fsp3) is 0.333. The van der Waals surface area contributed by atoms with E-state index in [0.717, 1.165) is 6.07 Å². The van der Waals surface area contributed by atoms with Crippen LogP contribution in [-0.2, 0) is 12.6 Å². The van der Waals surface area contributed by atoms with E-state index in [-0.39, 0.29) is 12.0 Å². The van der Waals surface area contributed by atoms with Crippen LogP contribution >= 0.6 is 0 Å². The number of halogens is 3. The Hall–Kier alpha value is -1.59. The number of benzene rings is 1. The fourth-order valence-electron chi connectivity index (χ4n) is 1.23. The molecule has 0 aliphatic carbocycles. The summed E-state index contributed by atoms with van der Waals surface area (Å²) in [6, 6.07) is 4.88. The van der Waals surface area contributed by atoms with Gasteiger partial charge in [0.15, 0.2) is 0 Å². The molecule has 0 saturated heterocycles. The molecule has 0 aliphatic heterocycles. The lowest BCUT2D eigenvalue weighted by Crippen LogP contribution is -2.12. The summed E-state index contributed by atoms with van der Waals surface area (Å²) < 4.78 is 37.2. The molecule has 0 radical (unpaired) electrons. The lowest BCUT2D eigenvalue weighted by atomic mass is 10.0. The van der Waals surface area contributed by atoms with Crippen LogP contribution in [0.5, 0.6) is 0 Å². The maximum Gasteiger partial charge on any atom is 0.416 e. The van der Waals surface area contributed by atoms with Crippen molar-refractivity contribution in [3.63, 3.8) is 0 Å². The first-order valence-electron chi connectivity index (χ1n) is 4.18. The number of nitro groups is 1. The number of alkyl halides is 3. The molecular weight excluding hydrogens is 211 g/mol. The highest BCUT2D eigenvalue weighted by atomic mass is 19.4. The Kier molecular flexibility index (Phi) is 3.28. The third-order valence-corrected chi connectivity index (χ3v) is 1.89. The SMILES string of the molecule is O=[N+]([O-])CCc1ccccc1C(F)(F)F. The molecule has 1 rings (SSSR count). The first-order valence-corrected chi connectivity index (χ1v) is 4.18. The van der Waals surface area contributed by atoms with Gasteiger partial charge in [0.05, 0.1) is 5.56 Å². The summed E-state index contributed by atoms with van der Waals surface area (Å²) in [4.78, 5) is 9.43. The molecule has 0 bridgehead atoms. The smallest absolute Gasteiger partial charge is 0.265 e. The van der Waals surface area contributed by atoms with Gasteiger partial charge in [-0.2, -0.15) is 13.2 Å². The van der Waals surface area contributed by atoms with E-state index >= 15 is 0 Å². The normalized spacial score (nSPS) is 11.4. The zero-order valence-electron chi connectivity index (χ0n) is 7.62. The Bertz CT molecular complexity index is 363. The largest absolute Gasteiger partial charge is 0.416 e. The second-order valence-electron chi connectivity index (χ2n) is 2.96. The predicted molar refractivity (Wildman–Crippen MR) is 47.0 cm³/mol. The molecule has 1 aromatic rings. The van der Waals surface area contributed by atoms with Gasteiger partial charge < -0.3 is 0 Å². The van der Waals surface area contributed by atoms with E-state index in [1.54, 1.807) is 0 Å². The zero-order valence-corrected chi connectivity index (χ0v) is 7.62. The van der Waals surface area contributed by atoms with Gasteiger partial charge in [0.2, 0.25) is 6.54 Å². The van der Waals surface area contributed by atoms with Crippen molar-refractivity contribution in [2.45, 2.75) is 12.6 Å². The molecule has 0 fully saturated rings. The lowest BCUT2D eigenvalue weighted by Gasteiger charge is -2.10. The van der Waals surface area contributed by atoms with Crippen LogP contribution in [0.25, 0.3) is 0 Å². The van der Waals surface area contributed by atoms with Crippen molar-refractivity contribution in [1.29, 1.82) is 0 Å². The molecule has 0 aromatic heterocycles. The van der Waals surface area contributed by atoms with Gasteiger partial charge >= 0.3 is 6.18 Å². The first-order chi connectivity index (χ1) is 6.91. The Morgan fingerprint density at radius 1 is 1.27 bits per heavy atom. The van der Waals surface area contributed by atoms with Gasteiger partial charge in [-0.25, -0.2) is 0 Å². The van der Waals surface area contributed by atoms with Crippen LogP contribution in [0.1, 0.15) is 11.1 Å². The molecule has 0 heterocycles. The standard InChI is InChI=1S/C9H8F3NO2/c10-9(11,12)8-4-2-1-3-7(8)5-6-13(14)15/h1-4H,5-6H2. The summed E-state index contributed by atoms with van der Waals surface area (Å²) in [5, 5.41) is 10.1. The van der Waals surface area contributed by atoms with E-state index < -0.39 is 23.2 Å². The molecule has 0 N–H and O–H groups in total. The predicted octanol–water partition coefficient (Wildman–Crippen LogP) is 2.52. The van der Waals surface area contributed by atoms with E-state index in [9.17, 15) is 23.3 Å². The average Bonchev–Trinajstić information content (AvgIpc) is 2.13. The first kappa shape index (κ1) is 11.5. The Morgan fingerprint density at radius 2 is 1.87 bits per heavy atom. The van der Waals surface area contributed by atoms with Crippen molar-refractivity contribution in [2.75, 3.05) is 6.54 Å². The monoisotopic (exact) mass is 219 g/mol.